The molecular formula is C22H37IN4O2. The van der Waals surface area contributed by atoms with E-state index in [0.717, 1.165) is 58.4 Å². The molecular weight excluding hydrogens is 479 g/mol. The van der Waals surface area contributed by atoms with Crippen molar-refractivity contribution in [3.8, 4) is 0 Å². The third-order valence-corrected chi connectivity index (χ3v) is 5.77. The second-order valence-electron chi connectivity index (χ2n) is 7.68. The Morgan fingerprint density at radius 2 is 2.14 bits per heavy atom. The van der Waals surface area contributed by atoms with Crippen molar-refractivity contribution >= 4 is 29.9 Å². The third-order valence-electron chi connectivity index (χ3n) is 5.77. The van der Waals surface area contributed by atoms with Gasteiger partial charge in [-0.3, -0.25) is 9.89 Å². The molecule has 1 N–H and O–H groups in total. The zero-order valence-electron chi connectivity index (χ0n) is 18.1. The summed E-state index contributed by atoms with van der Waals surface area (Å²) in [6.45, 7) is 11.4. The second-order valence-corrected chi connectivity index (χ2v) is 7.68. The molecule has 0 bridgehead atoms. The minimum absolute atomic E-state index is 0. The van der Waals surface area contributed by atoms with E-state index in [1.807, 2.05) is 0 Å². The van der Waals surface area contributed by atoms with E-state index in [-0.39, 0.29) is 30.1 Å². The molecule has 2 unspecified atom stereocenters. The van der Waals surface area contributed by atoms with Gasteiger partial charge in [0.15, 0.2) is 5.96 Å². The standard InChI is InChI=1S/C22H36N4O2.HI/c1-4-23-22(24-16-19-9-7-11-25(19)12-14-27-3)26-13-15-28-21(17-26)20-10-6-5-8-18(20)2;/h5-6,8,10,19,21H,4,7,9,11-17H2,1-3H3,(H,23,24);1H. The van der Waals surface area contributed by atoms with Crippen molar-refractivity contribution in [2.24, 2.45) is 4.99 Å². The summed E-state index contributed by atoms with van der Waals surface area (Å²) in [7, 11) is 1.77. The highest BCUT2D eigenvalue weighted by atomic mass is 127. The van der Waals surface area contributed by atoms with E-state index in [2.05, 4.69) is 53.2 Å². The highest BCUT2D eigenvalue weighted by Crippen LogP contribution is 2.25. The molecule has 6 nitrogen and oxygen atoms in total. The van der Waals surface area contributed by atoms with Gasteiger partial charge in [0, 0.05) is 32.8 Å². The molecule has 2 aliphatic rings. The van der Waals surface area contributed by atoms with Crippen LogP contribution in [0.5, 0.6) is 0 Å². The van der Waals surface area contributed by atoms with Gasteiger partial charge in [0.1, 0.15) is 6.10 Å². The molecule has 0 radical (unpaired) electrons. The number of aryl methyl sites for hydroxylation is 1. The number of hydrogen-bond donors (Lipinski definition) is 1. The van der Waals surface area contributed by atoms with E-state index in [0.29, 0.717) is 6.04 Å². The van der Waals surface area contributed by atoms with Crippen LogP contribution in [-0.2, 0) is 9.47 Å². The maximum atomic E-state index is 6.10. The summed E-state index contributed by atoms with van der Waals surface area (Å²) in [6, 6.07) is 9.04. The largest absolute Gasteiger partial charge is 0.383 e. The van der Waals surface area contributed by atoms with Crippen molar-refractivity contribution in [1.82, 2.24) is 15.1 Å². The first-order valence-electron chi connectivity index (χ1n) is 10.7. The van der Waals surface area contributed by atoms with Crippen LogP contribution in [0.2, 0.25) is 0 Å². The number of benzene rings is 1. The number of ether oxygens (including phenoxy) is 2. The van der Waals surface area contributed by atoms with Crippen molar-refractivity contribution in [2.75, 3.05) is 59.6 Å². The lowest BCUT2D eigenvalue weighted by Crippen LogP contribution is -2.48. The van der Waals surface area contributed by atoms with Crippen LogP contribution in [0.15, 0.2) is 29.3 Å². The van der Waals surface area contributed by atoms with Crippen molar-refractivity contribution in [1.29, 1.82) is 0 Å². The predicted molar refractivity (Wildman–Crippen MR) is 129 cm³/mol. The summed E-state index contributed by atoms with van der Waals surface area (Å²) >= 11 is 0. The quantitative estimate of drug-likeness (QED) is 0.343. The molecule has 3 rings (SSSR count). The molecule has 0 saturated carbocycles. The van der Waals surface area contributed by atoms with Crippen LogP contribution >= 0.6 is 24.0 Å². The Labute approximate surface area is 193 Å². The third kappa shape index (κ3) is 6.80. The molecule has 164 valence electrons. The second kappa shape index (κ2) is 12.7. The van der Waals surface area contributed by atoms with E-state index in [9.17, 15) is 0 Å². The highest BCUT2D eigenvalue weighted by molar-refractivity contribution is 14.0. The zero-order chi connectivity index (χ0) is 19.8. The maximum absolute atomic E-state index is 6.10. The Balaban J connectivity index is 0.00000300. The van der Waals surface area contributed by atoms with Crippen molar-refractivity contribution in [2.45, 2.75) is 38.8 Å². The van der Waals surface area contributed by atoms with Crippen LogP contribution < -0.4 is 5.32 Å². The smallest absolute Gasteiger partial charge is 0.194 e. The van der Waals surface area contributed by atoms with E-state index in [1.54, 1.807) is 7.11 Å². The molecule has 0 amide bonds. The molecule has 0 aromatic heterocycles. The Kier molecular flexibility index (Phi) is 10.7. The molecule has 7 heteroatoms. The molecule has 0 aliphatic carbocycles. The Morgan fingerprint density at radius 3 is 2.90 bits per heavy atom. The van der Waals surface area contributed by atoms with Crippen LogP contribution in [0.1, 0.15) is 37.0 Å². The van der Waals surface area contributed by atoms with Gasteiger partial charge in [0.05, 0.1) is 26.3 Å². The zero-order valence-corrected chi connectivity index (χ0v) is 20.4. The first kappa shape index (κ1) is 24.4. The van der Waals surface area contributed by atoms with Crippen molar-refractivity contribution in [3.63, 3.8) is 0 Å². The molecule has 2 atom stereocenters. The summed E-state index contributed by atoms with van der Waals surface area (Å²) in [4.78, 5) is 9.90. The number of likely N-dealkylation sites (tertiary alicyclic amines) is 1. The Bertz CT molecular complexity index is 643. The Hall–Kier alpha value is -0.900. The van der Waals surface area contributed by atoms with Gasteiger partial charge in [-0.2, -0.15) is 0 Å². The van der Waals surface area contributed by atoms with Crippen LogP contribution in [0.4, 0.5) is 0 Å². The van der Waals surface area contributed by atoms with Gasteiger partial charge < -0.3 is 19.7 Å². The van der Waals surface area contributed by atoms with Gasteiger partial charge in [-0.25, -0.2) is 0 Å². The summed E-state index contributed by atoms with van der Waals surface area (Å²) in [5.41, 5.74) is 2.57. The minimum Gasteiger partial charge on any atom is -0.383 e. The summed E-state index contributed by atoms with van der Waals surface area (Å²) in [6.07, 6.45) is 2.58. The number of methoxy groups -OCH3 is 1. The number of nitrogens with zero attached hydrogens (tertiary/aromatic N) is 3. The molecule has 1 aromatic carbocycles. The fourth-order valence-corrected chi connectivity index (χ4v) is 4.20. The summed E-state index contributed by atoms with van der Waals surface area (Å²) in [5, 5.41) is 3.50. The molecule has 2 fully saturated rings. The minimum atomic E-state index is 0. The fraction of sp³-hybridized carbons (Fsp3) is 0.682. The van der Waals surface area contributed by atoms with E-state index in [1.165, 1.54) is 24.0 Å². The van der Waals surface area contributed by atoms with E-state index in [4.69, 9.17) is 14.5 Å². The maximum Gasteiger partial charge on any atom is 0.194 e. The van der Waals surface area contributed by atoms with Gasteiger partial charge in [0.25, 0.3) is 0 Å². The molecule has 2 saturated heterocycles. The normalized spacial score (nSPS) is 23.1. The number of guanidine groups is 1. The van der Waals surface area contributed by atoms with Crippen molar-refractivity contribution in [3.05, 3.63) is 35.4 Å². The van der Waals surface area contributed by atoms with Gasteiger partial charge in [0.2, 0.25) is 0 Å². The molecule has 29 heavy (non-hydrogen) atoms. The van der Waals surface area contributed by atoms with Crippen LogP contribution in [0, 0.1) is 6.92 Å². The number of hydrogen-bond acceptors (Lipinski definition) is 4. The average Bonchev–Trinajstić information content (AvgIpc) is 3.17. The molecule has 2 aliphatic heterocycles. The molecule has 2 heterocycles. The van der Waals surface area contributed by atoms with Gasteiger partial charge in [-0.15, -0.1) is 24.0 Å². The highest BCUT2D eigenvalue weighted by Gasteiger charge is 2.27. The Morgan fingerprint density at radius 1 is 1.31 bits per heavy atom. The first-order valence-corrected chi connectivity index (χ1v) is 10.7. The van der Waals surface area contributed by atoms with Crippen LogP contribution in [0.3, 0.4) is 0 Å². The topological polar surface area (TPSA) is 49.3 Å². The van der Waals surface area contributed by atoms with Crippen molar-refractivity contribution < 1.29 is 9.47 Å². The number of rotatable bonds is 7. The summed E-state index contributed by atoms with van der Waals surface area (Å²) in [5.74, 6) is 1.02. The van der Waals surface area contributed by atoms with E-state index < -0.39 is 0 Å². The monoisotopic (exact) mass is 516 g/mol. The van der Waals surface area contributed by atoms with E-state index >= 15 is 0 Å². The van der Waals surface area contributed by atoms with Crippen LogP contribution in [0.25, 0.3) is 0 Å². The SMILES string of the molecule is CCNC(=NCC1CCCN1CCOC)N1CCOC(c2ccccc2C)C1.I. The van der Waals surface area contributed by atoms with Gasteiger partial charge in [-0.05, 0) is 44.4 Å². The predicted octanol–water partition coefficient (Wildman–Crippen LogP) is 3.06. The first-order chi connectivity index (χ1) is 13.7. The lowest BCUT2D eigenvalue weighted by atomic mass is 10.0. The lowest BCUT2D eigenvalue weighted by Gasteiger charge is -2.36. The van der Waals surface area contributed by atoms with Crippen LogP contribution in [-0.4, -0.2) is 81.4 Å². The molecule has 1 aromatic rings. The van der Waals surface area contributed by atoms with Gasteiger partial charge in [-0.1, -0.05) is 24.3 Å². The average molecular weight is 516 g/mol. The fourth-order valence-electron chi connectivity index (χ4n) is 4.20. The molecule has 0 spiro atoms. The number of aliphatic imine (C=N–C) groups is 1. The number of nitrogens with one attached hydrogen (secondary N) is 1. The summed E-state index contributed by atoms with van der Waals surface area (Å²) < 4.78 is 11.4. The van der Waals surface area contributed by atoms with Gasteiger partial charge >= 0.3 is 0 Å². The number of morpholine rings is 1. The lowest BCUT2D eigenvalue weighted by molar-refractivity contribution is -0.00836. The number of halogens is 1.